The Morgan fingerprint density at radius 3 is 2.52 bits per heavy atom. The molecule has 25 heavy (non-hydrogen) atoms. The van der Waals surface area contributed by atoms with Gasteiger partial charge in [0, 0.05) is 7.05 Å². The van der Waals surface area contributed by atoms with Gasteiger partial charge in [-0.1, -0.05) is 0 Å². The first-order valence-corrected chi connectivity index (χ1v) is 9.03. The Kier molecular flexibility index (Phi) is 5.65. The van der Waals surface area contributed by atoms with Crippen molar-refractivity contribution in [3.63, 3.8) is 0 Å². The van der Waals surface area contributed by atoms with Gasteiger partial charge in [-0.05, 0) is 49.2 Å². The molecule has 0 bridgehead atoms. The predicted octanol–water partition coefficient (Wildman–Crippen LogP) is 3.55. The Labute approximate surface area is 157 Å². The second-order valence-corrected chi connectivity index (χ2v) is 7.47. The molecule has 1 amide bonds. The number of amides is 1. The van der Waals surface area contributed by atoms with Crippen LogP contribution in [0.5, 0.6) is 0 Å². The maximum Gasteiger partial charge on any atom is 0.348 e. The van der Waals surface area contributed by atoms with E-state index < -0.39 is 11.9 Å². The van der Waals surface area contributed by atoms with Crippen molar-refractivity contribution in [2.45, 2.75) is 33.8 Å². The van der Waals surface area contributed by atoms with Crippen LogP contribution in [0, 0.1) is 25.2 Å². The lowest BCUT2D eigenvalue weighted by atomic mass is 10.1. The SMILES string of the molecule is Cc1nn(C)c(C(=O)Nc2sc(C(=O)OC(C)C)c(C)c2C#N)c1Br. The van der Waals surface area contributed by atoms with Gasteiger partial charge in [0.1, 0.15) is 21.6 Å². The number of halogens is 1. The molecule has 7 nitrogen and oxygen atoms in total. The predicted molar refractivity (Wildman–Crippen MR) is 97.9 cm³/mol. The van der Waals surface area contributed by atoms with E-state index in [1.54, 1.807) is 34.7 Å². The number of rotatable bonds is 4. The van der Waals surface area contributed by atoms with Crippen LogP contribution in [0.25, 0.3) is 0 Å². The number of ether oxygens (including phenoxy) is 1. The first kappa shape index (κ1) is 19.1. The van der Waals surface area contributed by atoms with E-state index in [4.69, 9.17) is 4.74 Å². The van der Waals surface area contributed by atoms with Gasteiger partial charge in [-0.15, -0.1) is 11.3 Å². The number of esters is 1. The highest BCUT2D eigenvalue weighted by Gasteiger charge is 2.25. The largest absolute Gasteiger partial charge is 0.459 e. The van der Waals surface area contributed by atoms with Crippen molar-refractivity contribution in [3.8, 4) is 6.07 Å². The number of carbonyl (C=O) groups is 2. The van der Waals surface area contributed by atoms with Crippen LogP contribution in [0.1, 0.15) is 50.8 Å². The molecule has 0 radical (unpaired) electrons. The molecule has 2 heterocycles. The summed E-state index contributed by atoms with van der Waals surface area (Å²) in [5.74, 6) is -0.927. The van der Waals surface area contributed by atoms with E-state index in [1.165, 1.54) is 4.68 Å². The summed E-state index contributed by atoms with van der Waals surface area (Å²) >= 11 is 4.37. The molecule has 1 N–H and O–H groups in total. The van der Waals surface area contributed by atoms with Crippen LogP contribution < -0.4 is 5.32 Å². The van der Waals surface area contributed by atoms with Gasteiger partial charge in [0.15, 0.2) is 0 Å². The number of nitrogens with one attached hydrogen (secondary N) is 1. The molecular formula is C16H17BrN4O3S. The van der Waals surface area contributed by atoms with Crippen LogP contribution in [0.4, 0.5) is 5.00 Å². The number of nitriles is 1. The molecule has 0 fully saturated rings. The molecule has 0 saturated heterocycles. The summed E-state index contributed by atoms with van der Waals surface area (Å²) in [4.78, 5) is 25.1. The molecule has 132 valence electrons. The normalized spacial score (nSPS) is 10.6. The summed E-state index contributed by atoms with van der Waals surface area (Å²) in [5, 5.41) is 16.6. The smallest absolute Gasteiger partial charge is 0.348 e. The van der Waals surface area contributed by atoms with Gasteiger partial charge in [0.2, 0.25) is 0 Å². The summed E-state index contributed by atoms with van der Waals surface area (Å²) in [6.45, 7) is 6.93. The fourth-order valence-corrected chi connectivity index (χ4v) is 3.79. The molecule has 0 atom stereocenters. The summed E-state index contributed by atoms with van der Waals surface area (Å²) in [7, 11) is 1.66. The molecule has 2 aromatic rings. The van der Waals surface area contributed by atoms with E-state index in [0.717, 1.165) is 11.3 Å². The fraction of sp³-hybridized carbons (Fsp3) is 0.375. The van der Waals surface area contributed by atoms with Gasteiger partial charge in [-0.3, -0.25) is 9.48 Å². The second kappa shape index (κ2) is 7.37. The van der Waals surface area contributed by atoms with Crippen LogP contribution >= 0.6 is 27.3 Å². The maximum atomic E-state index is 12.6. The van der Waals surface area contributed by atoms with Crippen LogP contribution in [0.2, 0.25) is 0 Å². The highest BCUT2D eigenvalue weighted by atomic mass is 79.9. The van der Waals surface area contributed by atoms with Gasteiger partial charge < -0.3 is 10.1 Å². The van der Waals surface area contributed by atoms with E-state index in [1.807, 2.05) is 6.07 Å². The maximum absolute atomic E-state index is 12.6. The third-order valence-corrected chi connectivity index (χ3v) is 5.51. The number of hydrogen-bond acceptors (Lipinski definition) is 6. The second-order valence-electron chi connectivity index (χ2n) is 5.65. The number of thiophene rings is 1. The van der Waals surface area contributed by atoms with Crippen molar-refractivity contribution in [2.75, 3.05) is 5.32 Å². The highest BCUT2D eigenvalue weighted by molar-refractivity contribution is 9.10. The van der Waals surface area contributed by atoms with Gasteiger partial charge >= 0.3 is 5.97 Å². The minimum atomic E-state index is -0.507. The van der Waals surface area contributed by atoms with Crippen molar-refractivity contribution < 1.29 is 14.3 Å². The molecular weight excluding hydrogens is 408 g/mol. The number of aryl methyl sites for hydroxylation is 2. The zero-order valence-corrected chi connectivity index (χ0v) is 16.8. The average Bonchev–Trinajstić information content (AvgIpc) is 2.95. The minimum Gasteiger partial charge on any atom is -0.459 e. The summed E-state index contributed by atoms with van der Waals surface area (Å²) in [6.07, 6.45) is -0.272. The fourth-order valence-electron chi connectivity index (χ4n) is 2.24. The molecule has 0 spiro atoms. The molecule has 0 aliphatic heterocycles. The van der Waals surface area contributed by atoms with Gasteiger partial charge in [-0.2, -0.15) is 10.4 Å². The van der Waals surface area contributed by atoms with Gasteiger partial charge in [-0.25, -0.2) is 4.79 Å². The van der Waals surface area contributed by atoms with Gasteiger partial charge in [0.25, 0.3) is 5.91 Å². The van der Waals surface area contributed by atoms with Crippen molar-refractivity contribution >= 4 is 44.1 Å². The Morgan fingerprint density at radius 1 is 1.40 bits per heavy atom. The van der Waals surface area contributed by atoms with Crippen LogP contribution in [-0.4, -0.2) is 27.8 Å². The van der Waals surface area contributed by atoms with Crippen molar-refractivity contribution in [1.82, 2.24) is 9.78 Å². The zero-order chi connectivity index (χ0) is 18.9. The van der Waals surface area contributed by atoms with Crippen LogP contribution in [-0.2, 0) is 11.8 Å². The van der Waals surface area contributed by atoms with E-state index in [2.05, 4.69) is 26.3 Å². The topological polar surface area (TPSA) is 97.0 Å². The third kappa shape index (κ3) is 3.75. The average molecular weight is 425 g/mol. The molecule has 0 aliphatic carbocycles. The number of aromatic nitrogens is 2. The third-order valence-electron chi connectivity index (χ3n) is 3.38. The summed E-state index contributed by atoms with van der Waals surface area (Å²) in [5.41, 5.74) is 1.76. The Balaban J connectivity index is 2.38. The lowest BCUT2D eigenvalue weighted by Crippen LogP contribution is -2.16. The van der Waals surface area contributed by atoms with E-state index in [-0.39, 0.29) is 11.7 Å². The summed E-state index contributed by atoms with van der Waals surface area (Å²) in [6, 6.07) is 2.04. The number of carbonyl (C=O) groups excluding carboxylic acids is 2. The molecule has 2 rings (SSSR count). The van der Waals surface area contributed by atoms with Crippen LogP contribution in [0.3, 0.4) is 0 Å². The molecule has 0 aromatic carbocycles. The first-order valence-electron chi connectivity index (χ1n) is 7.42. The lowest BCUT2D eigenvalue weighted by molar-refractivity contribution is 0.0383. The Bertz CT molecular complexity index is 892. The van der Waals surface area contributed by atoms with Crippen LogP contribution in [0.15, 0.2) is 4.47 Å². The van der Waals surface area contributed by atoms with E-state index >= 15 is 0 Å². The Morgan fingerprint density at radius 2 is 2.04 bits per heavy atom. The highest BCUT2D eigenvalue weighted by Crippen LogP contribution is 2.34. The molecule has 2 aromatic heterocycles. The van der Waals surface area contributed by atoms with Crippen molar-refractivity contribution in [1.29, 1.82) is 5.26 Å². The zero-order valence-electron chi connectivity index (χ0n) is 14.4. The lowest BCUT2D eigenvalue weighted by Gasteiger charge is -2.06. The minimum absolute atomic E-state index is 0.254. The molecule has 9 heteroatoms. The van der Waals surface area contributed by atoms with Crippen molar-refractivity contribution in [2.24, 2.45) is 7.05 Å². The summed E-state index contributed by atoms with van der Waals surface area (Å²) < 4.78 is 7.22. The Hall–Kier alpha value is -2.18. The quantitative estimate of drug-likeness (QED) is 0.756. The standard InChI is InChI=1S/C16H17BrN4O3S/c1-7(2)24-16(23)13-8(3)10(6-18)15(25-13)19-14(22)12-11(17)9(4)20-21(12)5/h7H,1-5H3,(H,19,22). The molecule has 0 unspecified atom stereocenters. The molecule has 0 saturated carbocycles. The van der Waals surface area contributed by atoms with Crippen molar-refractivity contribution in [3.05, 3.63) is 31.9 Å². The van der Waals surface area contributed by atoms with Gasteiger partial charge in [0.05, 0.1) is 21.8 Å². The number of nitrogens with zero attached hydrogens (tertiary/aromatic N) is 3. The van der Waals surface area contributed by atoms with E-state index in [9.17, 15) is 14.9 Å². The monoisotopic (exact) mass is 424 g/mol. The first-order chi connectivity index (χ1) is 11.7. The molecule has 0 aliphatic rings. The number of hydrogen-bond donors (Lipinski definition) is 1. The van der Waals surface area contributed by atoms with E-state index in [0.29, 0.717) is 31.3 Å². The number of anilines is 1.